The van der Waals surface area contributed by atoms with Crippen LogP contribution in [0.2, 0.25) is 0 Å². The van der Waals surface area contributed by atoms with Crippen LogP contribution in [0.25, 0.3) is 0 Å². The number of carbonyl (C=O) groups is 1. The van der Waals surface area contributed by atoms with Crippen LogP contribution >= 0.6 is 7.82 Å². The van der Waals surface area contributed by atoms with Gasteiger partial charge in [-0.25, -0.2) is 9.36 Å². The first kappa shape index (κ1) is 36.3. The van der Waals surface area contributed by atoms with Crippen LogP contribution in [-0.2, 0) is 37.9 Å². The van der Waals surface area contributed by atoms with E-state index in [0.717, 1.165) is 22.9 Å². The van der Waals surface area contributed by atoms with Crippen LogP contribution in [0.1, 0.15) is 43.2 Å². The molecule has 5 atom stereocenters. The molecular formula is C36H38F2N3O9P. The van der Waals surface area contributed by atoms with Crippen molar-refractivity contribution in [1.29, 1.82) is 0 Å². The molecule has 12 nitrogen and oxygen atoms in total. The van der Waals surface area contributed by atoms with Crippen LogP contribution in [0.3, 0.4) is 0 Å². The van der Waals surface area contributed by atoms with Gasteiger partial charge in [-0.1, -0.05) is 79.7 Å². The molecule has 0 radical (unpaired) electrons. The number of anilines is 1. The number of benzene rings is 3. The third-order valence-corrected chi connectivity index (χ3v) is 10.3. The van der Waals surface area contributed by atoms with E-state index in [1.165, 1.54) is 6.07 Å². The van der Waals surface area contributed by atoms with Gasteiger partial charge in [-0.3, -0.25) is 22.9 Å². The molecule has 270 valence electrons. The minimum atomic E-state index is -4.45. The maximum Gasteiger partial charge on any atom is 0.475 e. The predicted molar refractivity (Wildman–Crippen MR) is 182 cm³/mol. The first-order chi connectivity index (χ1) is 24.5. The van der Waals surface area contributed by atoms with Crippen molar-refractivity contribution in [3.8, 4) is 5.75 Å². The van der Waals surface area contributed by atoms with E-state index in [4.69, 9.17) is 27.8 Å². The molecule has 0 amide bonds. The van der Waals surface area contributed by atoms with Gasteiger partial charge in [0.25, 0.3) is 0 Å². The minimum Gasteiger partial charge on any atom is -0.497 e. The summed E-state index contributed by atoms with van der Waals surface area (Å²) in [7, 11) is -2.88. The molecule has 15 heteroatoms. The topological polar surface area (TPSA) is 136 Å². The van der Waals surface area contributed by atoms with Crippen LogP contribution in [0.5, 0.6) is 5.75 Å². The zero-order valence-electron chi connectivity index (χ0n) is 28.1. The number of phosphoric acid groups is 1. The van der Waals surface area contributed by atoms with E-state index in [1.54, 1.807) is 21.0 Å². The molecule has 3 heterocycles. The van der Waals surface area contributed by atoms with Crippen LogP contribution in [0.4, 0.5) is 14.6 Å². The molecule has 0 saturated carbocycles. The number of hydrogen-bond acceptors (Lipinski definition) is 11. The van der Waals surface area contributed by atoms with Gasteiger partial charge in [0.1, 0.15) is 23.2 Å². The Morgan fingerprint density at radius 1 is 1.04 bits per heavy atom. The summed E-state index contributed by atoms with van der Waals surface area (Å²) >= 11 is 0. The Hall–Kier alpha value is -4.46. The number of nitrogens with zero attached hydrogens (tertiary/aromatic N) is 2. The highest BCUT2D eigenvalue weighted by molar-refractivity contribution is 7.48. The number of fused-ring (bicyclic) bond motifs is 1. The maximum atomic E-state index is 15.9. The number of esters is 1. The molecule has 1 aromatic heterocycles. The fourth-order valence-electron chi connectivity index (χ4n) is 6.16. The molecule has 2 aliphatic rings. The lowest BCUT2D eigenvalue weighted by Crippen LogP contribution is -2.45. The van der Waals surface area contributed by atoms with Crippen LogP contribution < -0.4 is 15.7 Å². The molecule has 2 aliphatic heterocycles. The van der Waals surface area contributed by atoms with Gasteiger partial charge in [0.15, 0.2) is 6.10 Å². The number of aromatic nitrogens is 2. The molecule has 51 heavy (non-hydrogen) atoms. The molecule has 6 rings (SSSR count). The van der Waals surface area contributed by atoms with E-state index in [9.17, 15) is 14.2 Å². The van der Waals surface area contributed by atoms with Crippen molar-refractivity contribution in [2.45, 2.75) is 50.2 Å². The normalized spacial score (nSPS) is 23.2. The van der Waals surface area contributed by atoms with Crippen molar-refractivity contribution < 1.29 is 45.9 Å². The summed E-state index contributed by atoms with van der Waals surface area (Å²) in [5.41, 5.74) is 0.327. The summed E-state index contributed by atoms with van der Waals surface area (Å²) in [5, 5.41) is 3.44. The summed E-state index contributed by atoms with van der Waals surface area (Å²) in [6.07, 6.45) is -4.30. The van der Waals surface area contributed by atoms with E-state index >= 15 is 8.78 Å². The van der Waals surface area contributed by atoms with Gasteiger partial charge in [-0.05, 0) is 48.2 Å². The number of methoxy groups -OCH3 is 1. The number of ether oxygens (including phenoxy) is 3. The van der Waals surface area contributed by atoms with Gasteiger partial charge in [0.2, 0.25) is 6.23 Å². The third kappa shape index (κ3) is 7.33. The molecule has 4 aromatic rings. The Kier molecular flexibility index (Phi) is 10.7. The SMILES string of the molecule is CCOC(=O)[C@@H](C)CCOP1(=O)OC[C@H]2O[C@@H](n3ccc(NC(c4ccccc4)(c4ccccc4)c4ccc(OC)cc4)nc3=O)C(F)(F)[C@@H]2O1. The molecule has 0 spiro atoms. The Labute approximate surface area is 293 Å². The summed E-state index contributed by atoms with van der Waals surface area (Å²) in [6.45, 7) is 2.64. The van der Waals surface area contributed by atoms with E-state index in [0.29, 0.717) is 10.3 Å². The van der Waals surface area contributed by atoms with Crippen LogP contribution in [0, 0.1) is 5.92 Å². The number of phosphoric ester groups is 1. The second-order valence-corrected chi connectivity index (χ2v) is 13.7. The zero-order valence-corrected chi connectivity index (χ0v) is 29.0. The van der Waals surface area contributed by atoms with Crippen molar-refractivity contribution in [2.75, 3.05) is 32.2 Å². The lowest BCUT2D eigenvalue weighted by atomic mass is 9.77. The molecule has 3 aromatic carbocycles. The standard InChI is InChI=1S/C36H38F2N3O9P/c1-4-46-32(42)24(2)20-22-47-51(44)48-23-29-31(50-51)36(37,38)33(49-29)41-21-19-30(39-34(41)43)40-35(25-11-7-5-8-12-25,26-13-9-6-10-14-26)27-15-17-28(45-3)18-16-27/h5-19,21,24,29,31,33H,4,20,22-23H2,1-3H3,(H,39,40,43)/t24-,29+,31+,33+,51?/m0/s1. The number of nitrogens with one attached hydrogen (secondary N) is 1. The minimum absolute atomic E-state index is 0.0922. The highest BCUT2D eigenvalue weighted by Crippen LogP contribution is 2.60. The van der Waals surface area contributed by atoms with E-state index < -0.39 is 61.9 Å². The van der Waals surface area contributed by atoms with Gasteiger partial charge < -0.3 is 19.5 Å². The van der Waals surface area contributed by atoms with Crippen LogP contribution in [-0.4, -0.2) is 60.6 Å². The van der Waals surface area contributed by atoms with Crippen molar-refractivity contribution >= 4 is 19.6 Å². The fraction of sp³-hybridized carbons (Fsp3) is 0.361. The number of halogens is 2. The maximum absolute atomic E-state index is 15.9. The van der Waals surface area contributed by atoms with Crippen molar-refractivity contribution in [2.24, 2.45) is 5.92 Å². The van der Waals surface area contributed by atoms with Gasteiger partial charge in [-0.2, -0.15) is 13.8 Å². The highest BCUT2D eigenvalue weighted by Gasteiger charge is 2.65. The van der Waals surface area contributed by atoms with Crippen LogP contribution in [0.15, 0.2) is 102 Å². The molecule has 0 aliphatic carbocycles. The quantitative estimate of drug-likeness (QED) is 0.0943. The lowest BCUT2D eigenvalue weighted by molar-refractivity contribution is -0.148. The van der Waals surface area contributed by atoms with E-state index in [-0.39, 0.29) is 25.5 Å². The fourth-order valence-corrected chi connectivity index (χ4v) is 7.57. The number of carbonyl (C=O) groups excluding carboxylic acids is 1. The second kappa shape index (κ2) is 15.0. The number of rotatable bonds is 13. The smallest absolute Gasteiger partial charge is 0.475 e. The predicted octanol–water partition coefficient (Wildman–Crippen LogP) is 6.32. The van der Waals surface area contributed by atoms with Crippen molar-refractivity contribution in [1.82, 2.24) is 9.55 Å². The highest BCUT2D eigenvalue weighted by atomic mass is 31.2. The molecule has 1 unspecified atom stereocenters. The largest absolute Gasteiger partial charge is 0.497 e. The lowest BCUT2D eigenvalue weighted by Gasteiger charge is -2.37. The summed E-state index contributed by atoms with van der Waals surface area (Å²) in [5.74, 6) is -4.15. The van der Waals surface area contributed by atoms with Gasteiger partial charge in [0, 0.05) is 6.20 Å². The Bertz CT molecular complexity index is 1880. The third-order valence-electron chi connectivity index (χ3n) is 8.81. The average molecular weight is 726 g/mol. The molecule has 0 bridgehead atoms. The molecule has 2 fully saturated rings. The monoisotopic (exact) mass is 725 g/mol. The first-order valence-corrected chi connectivity index (χ1v) is 17.9. The van der Waals surface area contributed by atoms with Gasteiger partial charge in [0.05, 0.1) is 32.8 Å². The molecule has 1 N–H and O–H groups in total. The molecule has 2 saturated heterocycles. The van der Waals surface area contributed by atoms with Gasteiger partial charge >= 0.3 is 25.4 Å². The van der Waals surface area contributed by atoms with Crippen molar-refractivity contribution in [3.05, 3.63) is 124 Å². The van der Waals surface area contributed by atoms with E-state index in [2.05, 4.69) is 10.3 Å². The average Bonchev–Trinajstić information content (AvgIpc) is 3.40. The Balaban J connectivity index is 1.26. The molecular weight excluding hydrogens is 687 g/mol. The summed E-state index contributed by atoms with van der Waals surface area (Å²) in [4.78, 5) is 29.6. The van der Waals surface area contributed by atoms with E-state index in [1.807, 2.05) is 84.9 Å². The Morgan fingerprint density at radius 2 is 1.67 bits per heavy atom. The van der Waals surface area contributed by atoms with Gasteiger partial charge in [-0.15, -0.1) is 0 Å². The Morgan fingerprint density at radius 3 is 2.25 bits per heavy atom. The number of alkyl halides is 2. The number of hydrogen-bond donors (Lipinski definition) is 1. The summed E-state index contributed by atoms with van der Waals surface area (Å²) in [6, 6.07) is 27.9. The van der Waals surface area contributed by atoms with Crippen molar-refractivity contribution in [3.63, 3.8) is 0 Å². The zero-order chi connectivity index (χ0) is 36.2. The summed E-state index contributed by atoms with van der Waals surface area (Å²) < 4.78 is 77.2. The second-order valence-electron chi connectivity index (χ2n) is 12.1. The first-order valence-electron chi connectivity index (χ1n) is 16.4.